The van der Waals surface area contributed by atoms with Gasteiger partial charge in [0.1, 0.15) is 0 Å². The number of fused-ring (bicyclic) bond motifs is 1. The lowest BCUT2D eigenvalue weighted by molar-refractivity contribution is 0.280. The van der Waals surface area contributed by atoms with E-state index >= 15 is 0 Å². The van der Waals surface area contributed by atoms with Gasteiger partial charge in [-0.15, -0.1) is 0 Å². The van der Waals surface area contributed by atoms with E-state index < -0.39 is 0 Å². The van der Waals surface area contributed by atoms with Crippen LogP contribution in [0.25, 0.3) is 10.9 Å². The van der Waals surface area contributed by atoms with Crippen molar-refractivity contribution in [3.63, 3.8) is 0 Å². The molecule has 0 saturated heterocycles. The fourth-order valence-corrected chi connectivity index (χ4v) is 2.57. The molecule has 4 heteroatoms. The van der Waals surface area contributed by atoms with Crippen LogP contribution in [0.1, 0.15) is 25.8 Å². The number of rotatable bonds is 7. The highest BCUT2D eigenvalue weighted by Gasteiger charge is 2.09. The summed E-state index contributed by atoms with van der Waals surface area (Å²) in [6.07, 6.45) is 2.93. The van der Waals surface area contributed by atoms with E-state index in [1.54, 1.807) is 0 Å². The molecule has 2 rings (SSSR count). The van der Waals surface area contributed by atoms with E-state index in [9.17, 15) is 0 Å². The lowest BCUT2D eigenvalue weighted by Gasteiger charge is -2.06. The Bertz CT molecular complexity index is 563. The molecule has 0 unspecified atom stereocenters. The van der Waals surface area contributed by atoms with Crippen molar-refractivity contribution >= 4 is 22.5 Å². The Labute approximate surface area is 125 Å². The first-order valence-corrected chi connectivity index (χ1v) is 7.58. The zero-order valence-corrected chi connectivity index (χ0v) is 13.0. The molecule has 3 nitrogen and oxygen atoms in total. The van der Waals surface area contributed by atoms with E-state index in [0.717, 1.165) is 36.6 Å². The number of benzene rings is 1. The van der Waals surface area contributed by atoms with Crippen molar-refractivity contribution in [2.45, 2.75) is 33.4 Å². The fourth-order valence-electron chi connectivity index (χ4n) is 2.40. The van der Waals surface area contributed by atoms with Crippen LogP contribution in [-0.4, -0.2) is 22.8 Å². The number of aliphatic hydroxyl groups is 1. The Morgan fingerprint density at radius 1 is 1.35 bits per heavy atom. The maximum atomic E-state index is 9.01. The molecule has 110 valence electrons. The van der Waals surface area contributed by atoms with E-state index in [4.69, 9.17) is 16.7 Å². The van der Waals surface area contributed by atoms with Crippen molar-refractivity contribution in [1.82, 2.24) is 9.88 Å². The largest absolute Gasteiger partial charge is 0.396 e. The molecule has 0 amide bonds. The van der Waals surface area contributed by atoms with Gasteiger partial charge in [-0.1, -0.05) is 31.5 Å². The Hall–Kier alpha value is -1.03. The van der Waals surface area contributed by atoms with Crippen molar-refractivity contribution in [3.8, 4) is 0 Å². The number of hydrogen-bond acceptors (Lipinski definition) is 2. The van der Waals surface area contributed by atoms with Crippen LogP contribution in [0.4, 0.5) is 0 Å². The van der Waals surface area contributed by atoms with Gasteiger partial charge in [-0.3, -0.25) is 0 Å². The molecule has 1 aromatic heterocycles. The summed E-state index contributed by atoms with van der Waals surface area (Å²) in [5.41, 5.74) is 2.43. The first-order valence-electron chi connectivity index (χ1n) is 7.20. The molecule has 0 aliphatic heterocycles. The number of hydrogen-bond donors (Lipinski definition) is 2. The summed E-state index contributed by atoms with van der Waals surface area (Å²) in [6.45, 7) is 7.31. The van der Waals surface area contributed by atoms with Crippen LogP contribution >= 0.6 is 11.6 Å². The minimum absolute atomic E-state index is 0.209. The van der Waals surface area contributed by atoms with E-state index in [1.165, 1.54) is 10.9 Å². The summed E-state index contributed by atoms with van der Waals surface area (Å²) < 4.78 is 2.18. The molecule has 0 aliphatic rings. The van der Waals surface area contributed by atoms with Crippen LogP contribution < -0.4 is 5.32 Å². The molecule has 0 aliphatic carbocycles. The summed E-state index contributed by atoms with van der Waals surface area (Å²) >= 11 is 6.10. The third-order valence-corrected chi connectivity index (χ3v) is 3.59. The summed E-state index contributed by atoms with van der Waals surface area (Å²) in [6, 6.07) is 6.02. The van der Waals surface area contributed by atoms with Crippen molar-refractivity contribution in [2.75, 3.05) is 13.2 Å². The Morgan fingerprint density at radius 3 is 2.85 bits per heavy atom. The number of aromatic nitrogens is 1. The number of nitrogens with zero attached hydrogens (tertiary/aromatic N) is 1. The quantitative estimate of drug-likeness (QED) is 0.821. The molecule has 20 heavy (non-hydrogen) atoms. The maximum absolute atomic E-state index is 9.01. The first kappa shape index (κ1) is 15.4. The highest BCUT2D eigenvalue weighted by molar-refractivity contribution is 6.31. The van der Waals surface area contributed by atoms with Crippen LogP contribution in [-0.2, 0) is 13.1 Å². The number of aryl methyl sites for hydroxylation is 1. The third kappa shape index (κ3) is 3.75. The fraction of sp³-hybridized carbons (Fsp3) is 0.500. The summed E-state index contributed by atoms with van der Waals surface area (Å²) in [7, 11) is 0. The normalized spacial score (nSPS) is 11.7. The zero-order valence-electron chi connectivity index (χ0n) is 12.2. The van der Waals surface area contributed by atoms with Gasteiger partial charge in [0.25, 0.3) is 0 Å². The smallest absolute Gasteiger partial charge is 0.0498 e. The average molecular weight is 295 g/mol. The highest BCUT2D eigenvalue weighted by atomic mass is 35.5. The van der Waals surface area contributed by atoms with Gasteiger partial charge < -0.3 is 15.0 Å². The summed E-state index contributed by atoms with van der Waals surface area (Å²) in [5, 5.41) is 14.5. The molecule has 0 fully saturated rings. The molecule has 0 radical (unpaired) electrons. The number of aliphatic hydroxyl groups excluding tert-OH is 1. The molecule has 0 saturated carbocycles. The Balaban J connectivity index is 2.24. The molecule has 2 aromatic rings. The lowest BCUT2D eigenvalue weighted by atomic mass is 10.1. The van der Waals surface area contributed by atoms with Crippen LogP contribution in [0, 0.1) is 5.92 Å². The molecule has 0 spiro atoms. The van der Waals surface area contributed by atoms with Crippen molar-refractivity contribution in [2.24, 2.45) is 5.92 Å². The van der Waals surface area contributed by atoms with Gasteiger partial charge in [0.15, 0.2) is 0 Å². The van der Waals surface area contributed by atoms with Crippen LogP contribution in [0.3, 0.4) is 0 Å². The molecular weight excluding hydrogens is 272 g/mol. The van der Waals surface area contributed by atoms with Gasteiger partial charge in [0.05, 0.1) is 0 Å². The van der Waals surface area contributed by atoms with Crippen molar-refractivity contribution < 1.29 is 5.11 Å². The minimum atomic E-state index is 0.209. The monoisotopic (exact) mass is 294 g/mol. The van der Waals surface area contributed by atoms with E-state index in [1.807, 2.05) is 12.1 Å². The van der Waals surface area contributed by atoms with E-state index in [2.05, 4.69) is 36.0 Å². The van der Waals surface area contributed by atoms with Gasteiger partial charge in [0.2, 0.25) is 0 Å². The van der Waals surface area contributed by atoms with Crippen molar-refractivity contribution in [1.29, 1.82) is 0 Å². The predicted molar refractivity (Wildman–Crippen MR) is 85.2 cm³/mol. The molecular formula is C16H23ClN2O. The van der Waals surface area contributed by atoms with Gasteiger partial charge in [-0.05, 0) is 36.6 Å². The topological polar surface area (TPSA) is 37.2 Å². The number of halogens is 1. The first-order chi connectivity index (χ1) is 9.61. The highest BCUT2D eigenvalue weighted by Crippen LogP contribution is 2.25. The van der Waals surface area contributed by atoms with E-state index in [-0.39, 0.29) is 6.61 Å². The maximum Gasteiger partial charge on any atom is 0.0498 e. The lowest BCUT2D eigenvalue weighted by Crippen LogP contribution is -2.18. The van der Waals surface area contributed by atoms with Gasteiger partial charge >= 0.3 is 0 Å². The Kier molecular flexibility index (Phi) is 5.46. The molecule has 2 N–H and O–H groups in total. The second kappa shape index (κ2) is 7.11. The SMILES string of the molecule is CC(C)CNCc1cn(CCCO)c2cc(Cl)ccc12. The molecule has 1 heterocycles. The summed E-state index contributed by atoms with van der Waals surface area (Å²) in [4.78, 5) is 0. The zero-order chi connectivity index (χ0) is 14.5. The average Bonchev–Trinajstić information content (AvgIpc) is 2.73. The third-order valence-electron chi connectivity index (χ3n) is 3.35. The van der Waals surface area contributed by atoms with Crippen LogP contribution in [0.15, 0.2) is 24.4 Å². The van der Waals surface area contributed by atoms with Gasteiger partial charge in [-0.2, -0.15) is 0 Å². The molecule has 0 atom stereocenters. The predicted octanol–water partition coefficient (Wildman–Crippen LogP) is 3.42. The van der Waals surface area contributed by atoms with Gasteiger partial charge in [0, 0.05) is 41.8 Å². The molecule has 1 aromatic carbocycles. The number of nitrogens with one attached hydrogen (secondary N) is 1. The van der Waals surface area contributed by atoms with Gasteiger partial charge in [-0.25, -0.2) is 0 Å². The second-order valence-electron chi connectivity index (χ2n) is 5.61. The minimum Gasteiger partial charge on any atom is -0.396 e. The molecule has 0 bridgehead atoms. The Morgan fingerprint density at radius 2 is 2.15 bits per heavy atom. The second-order valence-corrected chi connectivity index (χ2v) is 6.05. The van der Waals surface area contributed by atoms with Crippen molar-refractivity contribution in [3.05, 3.63) is 35.0 Å². The van der Waals surface area contributed by atoms with Crippen LogP contribution in [0.2, 0.25) is 5.02 Å². The summed E-state index contributed by atoms with van der Waals surface area (Å²) in [5.74, 6) is 0.646. The standard InChI is InChI=1S/C16H23ClN2O/c1-12(2)9-18-10-13-11-19(6-3-7-20)16-8-14(17)4-5-15(13)16/h4-5,8,11-12,18,20H,3,6-7,9-10H2,1-2H3. The van der Waals surface area contributed by atoms with E-state index in [0.29, 0.717) is 5.92 Å². The van der Waals surface area contributed by atoms with Crippen LogP contribution in [0.5, 0.6) is 0 Å².